The highest BCUT2D eigenvalue weighted by Crippen LogP contribution is 2.38. The van der Waals surface area contributed by atoms with Gasteiger partial charge >= 0.3 is 0 Å². The molecule has 0 bridgehead atoms. The number of para-hydroxylation sites is 2. The smallest absolute Gasteiger partial charge is 0.265 e. The van der Waals surface area contributed by atoms with Gasteiger partial charge in [0.1, 0.15) is 17.4 Å². The van der Waals surface area contributed by atoms with Crippen molar-refractivity contribution in [1.82, 2.24) is 10.5 Å². The Labute approximate surface area is 266 Å². The maximum atomic E-state index is 14.1. The number of rotatable bonds is 9. The molecule has 0 fully saturated rings. The van der Waals surface area contributed by atoms with E-state index in [1.807, 2.05) is 12.1 Å². The number of carbonyl (C=O) groups is 3. The number of aromatic nitrogens is 1. The van der Waals surface area contributed by atoms with E-state index in [0.29, 0.717) is 51.0 Å². The first-order chi connectivity index (χ1) is 21.4. The number of hydrogen-bond acceptors (Lipinski definition) is 7. The molecule has 0 spiro atoms. The molecule has 3 amide bonds. The fourth-order valence-corrected chi connectivity index (χ4v) is 7.37. The first-order valence-electron chi connectivity index (χ1n) is 14.2. The van der Waals surface area contributed by atoms with Gasteiger partial charge in [0, 0.05) is 17.3 Å². The molecule has 2 heterocycles. The number of nitrogens with zero attached hydrogens (tertiary/aromatic N) is 2. The topological polar surface area (TPSA) is 151 Å². The molecule has 1 aromatic heterocycles. The van der Waals surface area contributed by atoms with Crippen LogP contribution in [0.25, 0.3) is 0 Å². The van der Waals surface area contributed by atoms with Gasteiger partial charge in [-0.1, -0.05) is 41.0 Å². The Kier molecular flexibility index (Phi) is 8.98. The summed E-state index contributed by atoms with van der Waals surface area (Å²) >= 11 is 6.23. The maximum absolute atomic E-state index is 14.1. The van der Waals surface area contributed by atoms with Crippen LogP contribution in [0, 0.1) is 27.7 Å². The summed E-state index contributed by atoms with van der Waals surface area (Å²) in [6.07, 6.45) is 0.0759. The van der Waals surface area contributed by atoms with Crippen LogP contribution in [0.2, 0.25) is 5.02 Å². The summed E-state index contributed by atoms with van der Waals surface area (Å²) in [6.45, 7) is 6.95. The van der Waals surface area contributed by atoms with Gasteiger partial charge in [-0.25, -0.2) is 8.42 Å². The second-order valence-corrected chi connectivity index (χ2v) is 13.0. The number of amides is 3. The number of aryl methyl sites for hydroxylation is 4. The van der Waals surface area contributed by atoms with Crippen molar-refractivity contribution >= 4 is 56.4 Å². The van der Waals surface area contributed by atoms with Gasteiger partial charge in [0.25, 0.3) is 15.9 Å². The third-order valence-corrected chi connectivity index (χ3v) is 9.94. The summed E-state index contributed by atoms with van der Waals surface area (Å²) in [5, 5.41) is 12.6. The lowest BCUT2D eigenvalue weighted by Gasteiger charge is -2.37. The standard InChI is InChI=1S/C32H32ClN5O6S/c1-18-16-28(19(2)15-24(18)33)45(42,43)38-26-8-6-5-7-25(26)36-31(40)27(38)17-29(39)34-14-13-22-9-11-23(12-10-22)35-32(41)30-20(3)37-44-21(30)4/h5-12,15-16,27H,13-14,17H2,1-4H3,(H,34,39)(H,35,41)(H,36,40). The van der Waals surface area contributed by atoms with Crippen molar-refractivity contribution in [2.75, 3.05) is 21.5 Å². The van der Waals surface area contributed by atoms with Crippen molar-refractivity contribution in [2.24, 2.45) is 0 Å². The molecule has 234 valence electrons. The predicted octanol–water partition coefficient (Wildman–Crippen LogP) is 5.08. The van der Waals surface area contributed by atoms with E-state index in [4.69, 9.17) is 16.1 Å². The van der Waals surface area contributed by atoms with E-state index in [2.05, 4.69) is 21.1 Å². The molecule has 1 atom stereocenters. The van der Waals surface area contributed by atoms with Crippen LogP contribution in [0.1, 0.15) is 44.9 Å². The summed E-state index contributed by atoms with van der Waals surface area (Å²) in [6, 6.07) is 15.4. The first-order valence-corrected chi connectivity index (χ1v) is 16.0. The van der Waals surface area contributed by atoms with Gasteiger partial charge in [0.15, 0.2) is 0 Å². The van der Waals surface area contributed by atoms with Crippen LogP contribution in [0.3, 0.4) is 0 Å². The fraction of sp³-hybridized carbons (Fsp3) is 0.250. The fourth-order valence-electron chi connectivity index (χ4n) is 5.22. The Morgan fingerprint density at radius 3 is 2.42 bits per heavy atom. The number of anilines is 3. The Hall–Kier alpha value is -4.68. The van der Waals surface area contributed by atoms with E-state index in [9.17, 15) is 22.8 Å². The highest BCUT2D eigenvalue weighted by molar-refractivity contribution is 7.93. The molecule has 45 heavy (non-hydrogen) atoms. The molecule has 1 aliphatic heterocycles. The normalized spacial score (nSPS) is 14.5. The van der Waals surface area contributed by atoms with Gasteiger partial charge in [-0.3, -0.25) is 18.7 Å². The number of fused-ring (bicyclic) bond motifs is 1. The molecule has 3 N–H and O–H groups in total. The van der Waals surface area contributed by atoms with Gasteiger partial charge < -0.3 is 20.5 Å². The Morgan fingerprint density at radius 1 is 1.02 bits per heavy atom. The van der Waals surface area contributed by atoms with Crippen molar-refractivity contribution in [3.63, 3.8) is 0 Å². The average Bonchev–Trinajstić information content (AvgIpc) is 3.33. The summed E-state index contributed by atoms with van der Waals surface area (Å²) in [7, 11) is -4.27. The van der Waals surface area contributed by atoms with Gasteiger partial charge in [0.05, 0.1) is 28.4 Å². The number of hydrogen-bond donors (Lipinski definition) is 3. The minimum absolute atomic E-state index is 0.00523. The maximum Gasteiger partial charge on any atom is 0.265 e. The summed E-state index contributed by atoms with van der Waals surface area (Å²) < 4.78 is 34.3. The number of benzene rings is 3. The quantitative estimate of drug-likeness (QED) is 0.229. The molecule has 0 aliphatic carbocycles. The molecule has 5 rings (SSSR count). The van der Waals surface area contributed by atoms with Crippen molar-refractivity contribution in [3.05, 3.63) is 99.4 Å². The van der Waals surface area contributed by atoms with Crippen molar-refractivity contribution in [2.45, 2.75) is 51.5 Å². The molecule has 11 nitrogen and oxygen atoms in total. The number of carbonyl (C=O) groups excluding carboxylic acids is 3. The molecule has 1 aliphatic rings. The average molecular weight is 650 g/mol. The molecule has 13 heteroatoms. The van der Waals surface area contributed by atoms with E-state index < -0.39 is 34.3 Å². The van der Waals surface area contributed by atoms with Gasteiger partial charge in [-0.15, -0.1) is 0 Å². The largest absolute Gasteiger partial charge is 0.361 e. The van der Waals surface area contributed by atoms with Gasteiger partial charge in [-0.05, 0) is 87.2 Å². The Morgan fingerprint density at radius 2 is 1.73 bits per heavy atom. The number of nitrogens with one attached hydrogen (secondary N) is 3. The molecule has 0 saturated heterocycles. The zero-order valence-electron chi connectivity index (χ0n) is 25.1. The lowest BCUT2D eigenvalue weighted by Crippen LogP contribution is -2.53. The minimum atomic E-state index is -4.27. The van der Waals surface area contributed by atoms with Crippen molar-refractivity contribution in [3.8, 4) is 0 Å². The van der Waals surface area contributed by atoms with Crippen LogP contribution < -0.4 is 20.3 Å². The summed E-state index contributed by atoms with van der Waals surface area (Å²) in [4.78, 5) is 38.9. The van der Waals surface area contributed by atoms with E-state index in [1.165, 1.54) is 6.07 Å². The number of sulfonamides is 1. The molecule has 0 saturated carbocycles. The van der Waals surface area contributed by atoms with E-state index in [0.717, 1.165) is 9.87 Å². The molecule has 0 radical (unpaired) electrons. The SMILES string of the molecule is Cc1cc(S(=O)(=O)N2c3ccccc3NC(=O)C2CC(=O)NCCc2ccc(NC(=O)c3c(C)noc3C)cc2)c(C)cc1Cl. The molecule has 3 aromatic carbocycles. The van der Waals surface area contributed by atoms with E-state index in [1.54, 1.807) is 70.2 Å². The highest BCUT2D eigenvalue weighted by Gasteiger charge is 2.42. The van der Waals surface area contributed by atoms with Crippen LogP contribution in [0.5, 0.6) is 0 Å². The third kappa shape index (κ3) is 6.57. The zero-order chi connectivity index (χ0) is 32.5. The first kappa shape index (κ1) is 31.7. The van der Waals surface area contributed by atoms with Crippen LogP contribution in [-0.4, -0.2) is 43.9 Å². The second kappa shape index (κ2) is 12.7. The van der Waals surface area contributed by atoms with Crippen molar-refractivity contribution < 1.29 is 27.3 Å². The van der Waals surface area contributed by atoms with Gasteiger partial charge in [-0.2, -0.15) is 0 Å². The van der Waals surface area contributed by atoms with Crippen LogP contribution >= 0.6 is 11.6 Å². The highest BCUT2D eigenvalue weighted by atomic mass is 35.5. The lowest BCUT2D eigenvalue weighted by atomic mass is 10.1. The predicted molar refractivity (Wildman–Crippen MR) is 171 cm³/mol. The Bertz CT molecular complexity index is 1890. The summed E-state index contributed by atoms with van der Waals surface area (Å²) in [5.74, 6) is -0.978. The molecule has 1 unspecified atom stereocenters. The minimum Gasteiger partial charge on any atom is -0.361 e. The van der Waals surface area contributed by atoms with Crippen LogP contribution in [-0.2, 0) is 26.0 Å². The molecule has 4 aromatic rings. The second-order valence-electron chi connectivity index (χ2n) is 10.8. The van der Waals surface area contributed by atoms with Crippen molar-refractivity contribution in [1.29, 1.82) is 0 Å². The molecular formula is C32H32ClN5O6S. The van der Waals surface area contributed by atoms with E-state index in [-0.39, 0.29) is 23.0 Å². The van der Waals surface area contributed by atoms with Gasteiger partial charge in [0.2, 0.25) is 11.8 Å². The Balaban J connectivity index is 1.27. The lowest BCUT2D eigenvalue weighted by molar-refractivity contribution is -0.125. The number of halogens is 1. The van der Waals surface area contributed by atoms with Crippen LogP contribution in [0.4, 0.5) is 17.1 Å². The monoisotopic (exact) mass is 649 g/mol. The zero-order valence-corrected chi connectivity index (χ0v) is 26.7. The van der Waals surface area contributed by atoms with Crippen LogP contribution in [0.15, 0.2) is 70.1 Å². The van der Waals surface area contributed by atoms with E-state index >= 15 is 0 Å². The third-order valence-electron chi connectivity index (χ3n) is 7.56. The summed E-state index contributed by atoms with van der Waals surface area (Å²) in [5.41, 5.74) is 3.97. The molecular weight excluding hydrogens is 618 g/mol.